The number of anilines is 1. The highest BCUT2D eigenvalue weighted by Gasteiger charge is 2.11. The van der Waals surface area contributed by atoms with Gasteiger partial charge < -0.3 is 15.2 Å². The van der Waals surface area contributed by atoms with Crippen molar-refractivity contribution in [3.05, 3.63) is 18.2 Å². The van der Waals surface area contributed by atoms with Crippen molar-refractivity contribution in [1.82, 2.24) is 0 Å². The standard InChI is InChI=1S/C7H7NO2/c8-5-1-2-6-7(3-5)10-4-9-6/h1-3H,4,8H2/i/hD2. The average molecular weight is 139 g/mol. The van der Waals surface area contributed by atoms with Crippen LogP contribution in [0.3, 0.4) is 0 Å². The van der Waals surface area contributed by atoms with E-state index in [1.165, 1.54) is 0 Å². The fraction of sp³-hybridized carbons (Fsp3) is 0.143. The van der Waals surface area contributed by atoms with Gasteiger partial charge in [0.2, 0.25) is 6.79 Å². The first-order valence-corrected chi connectivity index (χ1v) is 2.95. The van der Waals surface area contributed by atoms with E-state index in [2.05, 4.69) is 0 Å². The third kappa shape index (κ3) is 0.673. The molecular formula is C7H7NO2. The van der Waals surface area contributed by atoms with Gasteiger partial charge in [0, 0.05) is 11.8 Å². The average Bonchev–Trinajstić information content (AvgIpc) is 2.49. The molecule has 0 radical (unpaired) electrons. The highest BCUT2D eigenvalue weighted by atomic mass is 16.7. The van der Waals surface area contributed by atoms with E-state index in [1.807, 2.05) is 0 Å². The van der Waals surface area contributed by atoms with Crippen molar-refractivity contribution in [2.45, 2.75) is 0 Å². The van der Waals surface area contributed by atoms with Gasteiger partial charge in [0.1, 0.15) is 0 Å². The van der Waals surface area contributed by atoms with Crippen LogP contribution in [-0.4, -0.2) is 6.79 Å². The van der Waals surface area contributed by atoms with Crippen molar-refractivity contribution in [1.29, 1.82) is 0 Å². The van der Waals surface area contributed by atoms with Crippen LogP contribution in [0.5, 0.6) is 11.5 Å². The van der Waals surface area contributed by atoms with Crippen molar-refractivity contribution in [3.63, 3.8) is 0 Å². The summed E-state index contributed by atoms with van der Waals surface area (Å²) in [6.07, 6.45) is 0. The molecule has 2 rings (SSSR count). The summed E-state index contributed by atoms with van der Waals surface area (Å²) >= 11 is 0. The fourth-order valence-corrected chi connectivity index (χ4v) is 0.885. The van der Waals surface area contributed by atoms with Crippen molar-refractivity contribution in [2.75, 3.05) is 12.5 Å². The minimum absolute atomic E-state index is 0.217. The minimum atomic E-state index is 0.217. The molecule has 0 fully saturated rings. The summed E-state index contributed by atoms with van der Waals surface area (Å²) in [6, 6.07) is 4.92. The van der Waals surface area contributed by atoms with E-state index in [1.54, 1.807) is 18.2 Å². The number of ether oxygens (including phenoxy) is 2. The normalized spacial score (nSPS) is 16.0. The Labute approximate surface area is 61.3 Å². The van der Waals surface area contributed by atoms with Crippen LogP contribution in [0.4, 0.5) is 5.69 Å². The quantitative estimate of drug-likeness (QED) is 0.590. The van der Waals surface area contributed by atoms with E-state index in [4.69, 9.17) is 12.3 Å². The number of rotatable bonds is 1. The van der Waals surface area contributed by atoms with Crippen LogP contribution < -0.4 is 15.2 Å². The maximum Gasteiger partial charge on any atom is 0.231 e. The third-order valence-electron chi connectivity index (χ3n) is 1.36. The largest absolute Gasteiger partial charge is 0.454 e. The number of hydrogen-bond acceptors (Lipinski definition) is 3. The van der Waals surface area contributed by atoms with E-state index in [-0.39, 0.29) is 6.79 Å². The summed E-state index contributed by atoms with van der Waals surface area (Å²) in [6.45, 7) is 0.217. The molecule has 1 aliphatic heterocycles. The zero-order chi connectivity index (χ0) is 8.55. The molecule has 0 amide bonds. The maximum atomic E-state index is 6.99. The second-order valence-corrected chi connectivity index (χ2v) is 2.04. The summed E-state index contributed by atoms with van der Waals surface area (Å²) < 4.78 is 24.1. The fourth-order valence-electron chi connectivity index (χ4n) is 0.885. The van der Waals surface area contributed by atoms with E-state index in [0.29, 0.717) is 22.9 Å². The molecular weight excluding hydrogens is 130 g/mol. The topological polar surface area (TPSA) is 44.5 Å². The lowest BCUT2D eigenvalue weighted by atomic mass is 10.3. The number of benzene rings is 1. The van der Waals surface area contributed by atoms with Crippen LogP contribution in [0, 0.1) is 0 Å². The highest BCUT2D eigenvalue weighted by Crippen LogP contribution is 2.32. The monoisotopic (exact) mass is 139 g/mol. The van der Waals surface area contributed by atoms with Crippen LogP contribution in [0.2, 0.25) is 2.82 Å². The molecule has 0 aliphatic carbocycles. The first-order chi connectivity index (χ1) is 5.77. The van der Waals surface area contributed by atoms with Gasteiger partial charge >= 0.3 is 0 Å². The predicted molar refractivity (Wildman–Crippen MR) is 37.0 cm³/mol. The third-order valence-corrected chi connectivity index (χ3v) is 1.36. The Kier molecular flexibility index (Phi) is 0.667. The van der Waals surface area contributed by atoms with Crippen molar-refractivity contribution in [2.24, 2.45) is 0 Å². The van der Waals surface area contributed by atoms with Gasteiger partial charge in [0.05, 0.1) is 0 Å². The van der Waals surface area contributed by atoms with Gasteiger partial charge in [-0.05, 0) is 12.1 Å². The zero-order valence-corrected chi connectivity index (χ0v) is 5.20. The molecule has 3 nitrogen and oxygen atoms in total. The van der Waals surface area contributed by atoms with Gasteiger partial charge in [-0.1, -0.05) is 0 Å². The second kappa shape index (κ2) is 1.80. The molecule has 0 saturated heterocycles. The molecule has 1 aliphatic rings. The Morgan fingerprint density at radius 3 is 3.20 bits per heavy atom. The summed E-state index contributed by atoms with van der Waals surface area (Å²) in [5, 5.41) is 0. The molecule has 1 aromatic rings. The molecule has 0 bridgehead atoms. The Balaban J connectivity index is 2.39. The molecule has 0 spiro atoms. The van der Waals surface area contributed by atoms with Crippen molar-refractivity contribution >= 4 is 5.69 Å². The number of hydrogen-bond donors (Lipinski definition) is 1. The van der Waals surface area contributed by atoms with Gasteiger partial charge in [-0.25, -0.2) is 0 Å². The number of fused-ring (bicyclic) bond motifs is 1. The van der Waals surface area contributed by atoms with Crippen molar-refractivity contribution in [3.8, 4) is 11.5 Å². The van der Waals surface area contributed by atoms with Crippen LogP contribution >= 0.6 is 0 Å². The van der Waals surface area contributed by atoms with Gasteiger partial charge in [0.25, 0.3) is 0 Å². The van der Waals surface area contributed by atoms with E-state index in [9.17, 15) is 0 Å². The van der Waals surface area contributed by atoms with Gasteiger partial charge in [-0.3, -0.25) is 0 Å². The minimum Gasteiger partial charge on any atom is -0.454 e. The smallest absolute Gasteiger partial charge is 0.231 e. The first-order valence-electron chi connectivity index (χ1n) is 3.84. The molecule has 0 atom stereocenters. The second-order valence-electron chi connectivity index (χ2n) is 2.04. The Bertz CT molecular complexity index is 303. The van der Waals surface area contributed by atoms with E-state index >= 15 is 0 Å². The van der Waals surface area contributed by atoms with E-state index < -0.39 is 0 Å². The van der Waals surface area contributed by atoms with Gasteiger partial charge in [0.15, 0.2) is 14.3 Å². The van der Waals surface area contributed by atoms with Crippen LogP contribution in [0.15, 0.2) is 18.2 Å². The lowest BCUT2D eigenvalue weighted by Crippen LogP contribution is -1.92. The first kappa shape index (κ1) is 3.71. The predicted octanol–water partition coefficient (Wildman–Crippen LogP) is 0.997. The Morgan fingerprint density at radius 1 is 1.40 bits per heavy atom. The molecule has 2 N–H and O–H groups in total. The Hall–Kier alpha value is -1.38. The summed E-state index contributed by atoms with van der Waals surface area (Å²) in [7, 11) is 0. The highest BCUT2D eigenvalue weighted by molar-refractivity contribution is 5.52. The summed E-state index contributed by atoms with van der Waals surface area (Å²) in [5.74, 6) is 1.26. The lowest BCUT2D eigenvalue weighted by molar-refractivity contribution is 0.174. The molecule has 0 unspecified atom stereocenters. The SMILES string of the molecule is [2H]N([2H])c1ccc2c(c1)OCO2. The van der Waals surface area contributed by atoms with E-state index in [0.717, 1.165) is 0 Å². The molecule has 1 aromatic carbocycles. The molecule has 0 aromatic heterocycles. The number of nitrogens with two attached hydrogens (primary N) is 1. The maximum absolute atomic E-state index is 6.99. The van der Waals surface area contributed by atoms with Gasteiger partial charge in [-0.15, -0.1) is 0 Å². The molecule has 1 heterocycles. The molecule has 10 heavy (non-hydrogen) atoms. The molecule has 0 saturated carbocycles. The molecule has 52 valence electrons. The van der Waals surface area contributed by atoms with Crippen molar-refractivity contribution < 1.29 is 12.3 Å². The zero-order valence-electron chi connectivity index (χ0n) is 7.20. The van der Waals surface area contributed by atoms with Crippen LogP contribution in [-0.2, 0) is 0 Å². The van der Waals surface area contributed by atoms with Crippen LogP contribution in [0.1, 0.15) is 0 Å². The summed E-state index contributed by atoms with van der Waals surface area (Å²) in [4.78, 5) is 0. The Morgan fingerprint density at radius 2 is 2.30 bits per heavy atom. The number of nitrogen functional groups attached to an aromatic ring is 1. The van der Waals surface area contributed by atoms with Gasteiger partial charge in [-0.2, -0.15) is 0 Å². The lowest BCUT2D eigenvalue weighted by Gasteiger charge is -1.94. The summed E-state index contributed by atoms with van der Waals surface area (Å²) in [5.41, 5.74) is 0.987. The van der Waals surface area contributed by atoms with Crippen LogP contribution in [0.25, 0.3) is 0 Å². The molecule has 3 heteroatoms.